The summed E-state index contributed by atoms with van der Waals surface area (Å²) >= 11 is 6.16. The Morgan fingerprint density at radius 3 is 2.65 bits per heavy atom. The van der Waals surface area contributed by atoms with Crippen LogP contribution in [0.4, 0.5) is 0 Å². The van der Waals surface area contributed by atoms with Gasteiger partial charge in [-0.15, -0.1) is 12.4 Å². The summed E-state index contributed by atoms with van der Waals surface area (Å²) in [6.07, 6.45) is 7.38. The average Bonchev–Trinajstić information content (AvgIpc) is 3.16. The second kappa shape index (κ2) is 7.87. The van der Waals surface area contributed by atoms with Crippen molar-refractivity contribution in [1.29, 1.82) is 0 Å². The van der Waals surface area contributed by atoms with Crippen LogP contribution in [0.1, 0.15) is 50.5 Å². The number of benzene rings is 1. The number of nitrogens with one attached hydrogen (secondary N) is 1. The van der Waals surface area contributed by atoms with Crippen LogP contribution in [0.3, 0.4) is 0 Å². The molecular formula is C18H26Cl2N2O. The van der Waals surface area contributed by atoms with Gasteiger partial charge in [-0.25, -0.2) is 0 Å². The largest absolute Gasteiger partial charge is 0.352 e. The van der Waals surface area contributed by atoms with Crippen LogP contribution in [0.15, 0.2) is 24.3 Å². The van der Waals surface area contributed by atoms with E-state index in [1.165, 1.54) is 0 Å². The van der Waals surface area contributed by atoms with E-state index in [4.69, 9.17) is 17.3 Å². The minimum atomic E-state index is -0.396. The zero-order chi connectivity index (χ0) is 15.6. The Balaban J connectivity index is 0.00000192. The number of halogens is 2. The molecule has 2 aliphatic rings. The molecule has 0 aliphatic heterocycles. The first-order chi connectivity index (χ1) is 10.7. The Morgan fingerprint density at radius 2 is 2.00 bits per heavy atom. The maximum atomic E-state index is 13.1. The zero-order valence-electron chi connectivity index (χ0n) is 13.4. The van der Waals surface area contributed by atoms with Gasteiger partial charge in [-0.3, -0.25) is 4.79 Å². The van der Waals surface area contributed by atoms with E-state index in [1.54, 1.807) is 0 Å². The lowest BCUT2D eigenvalue weighted by molar-refractivity contribution is -0.127. The van der Waals surface area contributed by atoms with E-state index in [9.17, 15) is 4.79 Å². The van der Waals surface area contributed by atoms with E-state index in [0.29, 0.717) is 17.5 Å². The van der Waals surface area contributed by atoms with Crippen LogP contribution in [0, 0.1) is 5.92 Å². The number of carbonyl (C=O) groups is 1. The summed E-state index contributed by atoms with van der Waals surface area (Å²) < 4.78 is 0. The summed E-state index contributed by atoms with van der Waals surface area (Å²) in [7, 11) is 0. The lowest BCUT2D eigenvalue weighted by Crippen LogP contribution is -2.49. The van der Waals surface area contributed by atoms with E-state index in [2.05, 4.69) is 5.32 Å². The highest BCUT2D eigenvalue weighted by atomic mass is 35.5. The van der Waals surface area contributed by atoms with Crippen molar-refractivity contribution in [3.05, 3.63) is 34.9 Å². The van der Waals surface area contributed by atoms with Crippen molar-refractivity contribution >= 4 is 29.9 Å². The fourth-order valence-corrected chi connectivity index (χ4v) is 4.42. The van der Waals surface area contributed by atoms with E-state index in [0.717, 1.165) is 50.5 Å². The van der Waals surface area contributed by atoms with Crippen LogP contribution in [-0.4, -0.2) is 18.5 Å². The molecule has 0 radical (unpaired) electrons. The number of amides is 1. The van der Waals surface area contributed by atoms with Crippen molar-refractivity contribution < 1.29 is 4.79 Å². The SMILES string of the molecule is Cl.NCC1CCCC1NC(=O)C1(c2cccc(Cl)c2)CCCC1. The highest BCUT2D eigenvalue weighted by molar-refractivity contribution is 6.30. The molecule has 2 atom stereocenters. The molecular weight excluding hydrogens is 331 g/mol. The third-order valence-electron chi connectivity index (χ3n) is 5.55. The van der Waals surface area contributed by atoms with Crippen LogP contribution in [0.2, 0.25) is 5.02 Å². The van der Waals surface area contributed by atoms with Gasteiger partial charge in [0.05, 0.1) is 5.41 Å². The van der Waals surface area contributed by atoms with E-state index in [1.807, 2.05) is 24.3 Å². The average molecular weight is 357 g/mol. The maximum Gasteiger partial charge on any atom is 0.230 e. The summed E-state index contributed by atoms with van der Waals surface area (Å²) in [6, 6.07) is 8.07. The van der Waals surface area contributed by atoms with E-state index in [-0.39, 0.29) is 24.4 Å². The van der Waals surface area contributed by atoms with Crippen LogP contribution in [-0.2, 0) is 10.2 Å². The zero-order valence-corrected chi connectivity index (χ0v) is 15.0. The monoisotopic (exact) mass is 356 g/mol. The summed E-state index contributed by atoms with van der Waals surface area (Å²) in [4.78, 5) is 13.1. The molecule has 0 aromatic heterocycles. The van der Waals surface area contributed by atoms with Crippen molar-refractivity contribution in [1.82, 2.24) is 5.32 Å². The van der Waals surface area contributed by atoms with E-state index < -0.39 is 5.41 Å². The van der Waals surface area contributed by atoms with Gasteiger partial charge in [0, 0.05) is 11.1 Å². The topological polar surface area (TPSA) is 55.1 Å². The van der Waals surface area contributed by atoms with Crippen molar-refractivity contribution in [2.45, 2.75) is 56.4 Å². The first-order valence-electron chi connectivity index (χ1n) is 8.43. The van der Waals surface area contributed by atoms with Crippen molar-refractivity contribution in [3.63, 3.8) is 0 Å². The Morgan fingerprint density at radius 1 is 1.26 bits per heavy atom. The van der Waals surface area contributed by atoms with Gasteiger partial charge in [0.2, 0.25) is 5.91 Å². The standard InChI is InChI=1S/C18H25ClN2O.ClH/c19-15-7-4-6-14(11-15)18(9-1-2-10-18)17(22)21-16-8-3-5-13(16)12-20;/h4,6-7,11,13,16H,1-3,5,8-10,12,20H2,(H,21,22);1H. The molecule has 2 saturated carbocycles. The molecule has 3 rings (SSSR count). The normalized spacial score (nSPS) is 25.8. The maximum absolute atomic E-state index is 13.1. The molecule has 5 heteroatoms. The third kappa shape index (κ3) is 3.67. The molecule has 1 amide bonds. The summed E-state index contributed by atoms with van der Waals surface area (Å²) in [5.41, 5.74) is 6.52. The Labute approximate surface area is 149 Å². The van der Waals surface area contributed by atoms with Crippen LogP contribution in [0.5, 0.6) is 0 Å². The molecule has 23 heavy (non-hydrogen) atoms. The molecule has 1 aromatic rings. The number of carbonyl (C=O) groups excluding carboxylic acids is 1. The molecule has 2 unspecified atom stereocenters. The molecule has 128 valence electrons. The van der Waals surface area contributed by atoms with Gasteiger partial charge in [-0.1, -0.05) is 43.0 Å². The van der Waals surface area contributed by atoms with Gasteiger partial charge < -0.3 is 11.1 Å². The van der Waals surface area contributed by atoms with Gasteiger partial charge in [-0.05, 0) is 55.8 Å². The van der Waals surface area contributed by atoms with Crippen molar-refractivity contribution in [2.75, 3.05) is 6.54 Å². The highest BCUT2D eigenvalue weighted by Crippen LogP contribution is 2.42. The van der Waals surface area contributed by atoms with Gasteiger partial charge >= 0.3 is 0 Å². The lowest BCUT2D eigenvalue weighted by Gasteiger charge is -2.31. The fraction of sp³-hybridized carbons (Fsp3) is 0.611. The Bertz CT molecular complexity index is 544. The predicted molar refractivity (Wildman–Crippen MR) is 97.2 cm³/mol. The molecule has 2 fully saturated rings. The molecule has 0 bridgehead atoms. The molecule has 3 nitrogen and oxygen atoms in total. The van der Waals surface area contributed by atoms with Gasteiger partial charge in [-0.2, -0.15) is 0 Å². The van der Waals surface area contributed by atoms with Crippen molar-refractivity contribution in [2.24, 2.45) is 11.7 Å². The predicted octanol–water partition coefficient (Wildman–Crippen LogP) is 3.82. The summed E-state index contributed by atoms with van der Waals surface area (Å²) in [6.45, 7) is 0.662. The lowest BCUT2D eigenvalue weighted by atomic mass is 9.77. The minimum absolute atomic E-state index is 0. The minimum Gasteiger partial charge on any atom is -0.352 e. The van der Waals surface area contributed by atoms with E-state index >= 15 is 0 Å². The highest BCUT2D eigenvalue weighted by Gasteiger charge is 2.44. The summed E-state index contributed by atoms with van der Waals surface area (Å²) in [5, 5.41) is 4.02. The third-order valence-corrected chi connectivity index (χ3v) is 5.78. The second-order valence-electron chi connectivity index (χ2n) is 6.81. The Hall–Kier alpha value is -0.770. The molecule has 2 aliphatic carbocycles. The van der Waals surface area contributed by atoms with Gasteiger partial charge in [0.15, 0.2) is 0 Å². The molecule has 3 N–H and O–H groups in total. The number of hydrogen-bond donors (Lipinski definition) is 2. The fourth-order valence-electron chi connectivity index (χ4n) is 4.23. The second-order valence-corrected chi connectivity index (χ2v) is 7.24. The smallest absolute Gasteiger partial charge is 0.230 e. The molecule has 0 heterocycles. The van der Waals surface area contributed by atoms with Gasteiger partial charge in [0.1, 0.15) is 0 Å². The first-order valence-corrected chi connectivity index (χ1v) is 8.80. The molecule has 1 aromatic carbocycles. The first kappa shape index (κ1) is 18.6. The molecule has 0 saturated heterocycles. The quantitative estimate of drug-likeness (QED) is 0.861. The van der Waals surface area contributed by atoms with Gasteiger partial charge in [0.25, 0.3) is 0 Å². The number of rotatable bonds is 4. The van der Waals surface area contributed by atoms with Crippen LogP contribution in [0.25, 0.3) is 0 Å². The van der Waals surface area contributed by atoms with Crippen molar-refractivity contribution in [3.8, 4) is 0 Å². The molecule has 0 spiro atoms. The van der Waals surface area contributed by atoms with Crippen LogP contribution < -0.4 is 11.1 Å². The summed E-state index contributed by atoms with van der Waals surface area (Å²) in [5.74, 6) is 0.611. The Kier molecular flexibility index (Phi) is 6.35. The number of nitrogens with two attached hydrogens (primary N) is 1. The number of hydrogen-bond acceptors (Lipinski definition) is 2. The van der Waals surface area contributed by atoms with Crippen LogP contribution >= 0.6 is 24.0 Å².